The number of halogens is 1. The number of nitrogens with zero attached hydrogens (tertiary/aromatic N) is 1. The van der Waals surface area contributed by atoms with Crippen molar-refractivity contribution in [2.75, 3.05) is 13.1 Å². The molecule has 0 bridgehead atoms. The van der Waals surface area contributed by atoms with Gasteiger partial charge in [0.1, 0.15) is 11.6 Å². The van der Waals surface area contributed by atoms with Crippen molar-refractivity contribution in [1.82, 2.24) is 4.31 Å². The van der Waals surface area contributed by atoms with E-state index in [2.05, 4.69) is 0 Å². The van der Waals surface area contributed by atoms with Crippen molar-refractivity contribution in [3.63, 3.8) is 0 Å². The van der Waals surface area contributed by atoms with Gasteiger partial charge in [0.05, 0.1) is 10.8 Å². The number of ketones is 1. The summed E-state index contributed by atoms with van der Waals surface area (Å²) >= 11 is 0. The molecule has 6 nitrogen and oxygen atoms in total. The summed E-state index contributed by atoms with van der Waals surface area (Å²) in [6.07, 6.45) is 1.08. The summed E-state index contributed by atoms with van der Waals surface area (Å²) in [4.78, 5) is 24.1. The van der Waals surface area contributed by atoms with Crippen LogP contribution in [0.4, 0.5) is 4.39 Å². The van der Waals surface area contributed by atoms with Crippen LogP contribution >= 0.6 is 0 Å². The lowest BCUT2D eigenvalue weighted by Gasteiger charge is -2.30. The molecule has 1 heterocycles. The second-order valence-corrected chi connectivity index (χ2v) is 8.79. The molecule has 0 unspecified atom stereocenters. The van der Waals surface area contributed by atoms with Crippen LogP contribution in [-0.4, -0.2) is 37.6 Å². The molecule has 1 fully saturated rings. The van der Waals surface area contributed by atoms with E-state index in [-0.39, 0.29) is 23.8 Å². The first kappa shape index (κ1) is 21.1. The summed E-state index contributed by atoms with van der Waals surface area (Å²) in [5.74, 6) is -0.968. The Kier molecular flexibility index (Phi) is 6.44. The molecule has 8 heteroatoms. The molecule has 154 valence electrons. The summed E-state index contributed by atoms with van der Waals surface area (Å²) < 4.78 is 45.0. The third kappa shape index (κ3) is 4.89. The van der Waals surface area contributed by atoms with E-state index in [1.807, 2.05) is 0 Å². The van der Waals surface area contributed by atoms with Gasteiger partial charge >= 0.3 is 5.97 Å². The Hall–Kier alpha value is -2.58. The number of Topliss-reactive ketones (excluding diaryl/α,β-unsaturated/α-hetero) is 1. The van der Waals surface area contributed by atoms with Gasteiger partial charge in [0.15, 0.2) is 5.78 Å². The number of carbonyl (C=O) groups is 2. The molecule has 2 aromatic carbocycles. The Morgan fingerprint density at radius 1 is 1.03 bits per heavy atom. The minimum absolute atomic E-state index is 0.0117. The number of hydrogen-bond donors (Lipinski definition) is 0. The highest BCUT2D eigenvalue weighted by Gasteiger charge is 2.33. The van der Waals surface area contributed by atoms with Crippen LogP contribution in [-0.2, 0) is 14.8 Å². The molecule has 0 aromatic heterocycles. The predicted molar refractivity (Wildman–Crippen MR) is 105 cm³/mol. The first-order valence-electron chi connectivity index (χ1n) is 9.42. The maximum atomic E-state index is 13.0. The summed E-state index contributed by atoms with van der Waals surface area (Å²) in [5, 5.41) is 0. The molecule has 1 aliphatic rings. The van der Waals surface area contributed by atoms with Crippen molar-refractivity contribution < 1.29 is 27.1 Å². The van der Waals surface area contributed by atoms with Crippen LogP contribution in [0.5, 0.6) is 5.75 Å². The highest BCUT2D eigenvalue weighted by atomic mass is 32.2. The van der Waals surface area contributed by atoms with Crippen LogP contribution in [0.3, 0.4) is 0 Å². The zero-order valence-corrected chi connectivity index (χ0v) is 16.8. The van der Waals surface area contributed by atoms with Crippen molar-refractivity contribution in [3.05, 3.63) is 59.9 Å². The van der Waals surface area contributed by atoms with E-state index >= 15 is 0 Å². The monoisotopic (exact) mass is 419 g/mol. The van der Waals surface area contributed by atoms with Crippen molar-refractivity contribution in [3.8, 4) is 5.75 Å². The van der Waals surface area contributed by atoms with E-state index in [1.54, 1.807) is 31.2 Å². The highest BCUT2D eigenvalue weighted by Crippen LogP contribution is 2.25. The Bertz CT molecular complexity index is 979. The van der Waals surface area contributed by atoms with Gasteiger partial charge in [-0.3, -0.25) is 9.59 Å². The van der Waals surface area contributed by atoms with Gasteiger partial charge in [-0.05, 0) is 61.4 Å². The highest BCUT2D eigenvalue weighted by molar-refractivity contribution is 7.89. The van der Waals surface area contributed by atoms with Gasteiger partial charge in [-0.15, -0.1) is 0 Å². The number of esters is 1. The maximum Gasteiger partial charge on any atom is 0.314 e. The SMILES string of the molecule is CCC(=O)c1ccc(OC(=O)C2CCN(S(=O)(=O)c3ccc(F)cc3)CC2)cc1. The van der Waals surface area contributed by atoms with Crippen LogP contribution in [0.2, 0.25) is 0 Å². The van der Waals surface area contributed by atoms with Gasteiger partial charge in [-0.1, -0.05) is 6.92 Å². The van der Waals surface area contributed by atoms with E-state index in [0.29, 0.717) is 30.6 Å². The van der Waals surface area contributed by atoms with Gasteiger partial charge in [0.25, 0.3) is 0 Å². The zero-order chi connectivity index (χ0) is 21.0. The van der Waals surface area contributed by atoms with Crippen LogP contribution in [0.1, 0.15) is 36.5 Å². The van der Waals surface area contributed by atoms with E-state index in [0.717, 1.165) is 12.1 Å². The summed E-state index contributed by atoms with van der Waals surface area (Å²) in [6.45, 7) is 2.14. The standard InChI is InChI=1S/C21H22FNO5S/c1-2-20(24)15-3-7-18(8-4-15)28-21(25)16-11-13-23(14-12-16)29(26,27)19-9-5-17(22)6-10-19/h3-10,16H,2,11-14H2,1H3. The third-order valence-corrected chi connectivity index (χ3v) is 6.87. The number of piperidine rings is 1. The second-order valence-electron chi connectivity index (χ2n) is 6.85. The fourth-order valence-corrected chi connectivity index (χ4v) is 4.67. The van der Waals surface area contributed by atoms with Gasteiger partial charge in [-0.25, -0.2) is 12.8 Å². The van der Waals surface area contributed by atoms with Crippen molar-refractivity contribution in [2.24, 2.45) is 5.92 Å². The molecule has 0 saturated carbocycles. The predicted octanol–water partition coefficient (Wildman–Crippen LogP) is 3.42. The van der Waals surface area contributed by atoms with Crippen molar-refractivity contribution >= 4 is 21.8 Å². The Balaban J connectivity index is 1.58. The third-order valence-electron chi connectivity index (χ3n) is 4.95. The minimum atomic E-state index is -3.72. The first-order valence-corrected chi connectivity index (χ1v) is 10.9. The number of sulfonamides is 1. The van der Waals surface area contributed by atoms with E-state index in [4.69, 9.17) is 4.74 Å². The number of ether oxygens (including phenoxy) is 1. The molecular weight excluding hydrogens is 397 g/mol. The molecule has 3 rings (SSSR count). The molecule has 1 saturated heterocycles. The van der Waals surface area contributed by atoms with Crippen LogP contribution in [0.15, 0.2) is 53.4 Å². The quantitative estimate of drug-likeness (QED) is 0.407. The average molecular weight is 419 g/mol. The summed E-state index contributed by atoms with van der Waals surface area (Å²) in [7, 11) is -3.72. The molecule has 2 aromatic rings. The van der Waals surface area contributed by atoms with E-state index < -0.39 is 27.7 Å². The molecule has 0 amide bonds. The zero-order valence-electron chi connectivity index (χ0n) is 16.0. The Labute approximate surface area is 169 Å². The molecular formula is C21H22FNO5S. The second kappa shape index (κ2) is 8.84. The van der Waals surface area contributed by atoms with E-state index in [9.17, 15) is 22.4 Å². The van der Waals surface area contributed by atoms with Crippen LogP contribution < -0.4 is 4.74 Å². The molecule has 0 N–H and O–H groups in total. The minimum Gasteiger partial charge on any atom is -0.426 e. The lowest BCUT2D eigenvalue weighted by atomic mass is 9.98. The fourth-order valence-electron chi connectivity index (χ4n) is 3.20. The van der Waals surface area contributed by atoms with Crippen LogP contribution in [0.25, 0.3) is 0 Å². The molecule has 0 radical (unpaired) electrons. The number of carbonyl (C=O) groups excluding carboxylic acids is 2. The normalized spacial score (nSPS) is 15.8. The molecule has 0 spiro atoms. The molecule has 1 aliphatic heterocycles. The Morgan fingerprint density at radius 2 is 1.62 bits per heavy atom. The van der Waals surface area contributed by atoms with Crippen molar-refractivity contribution in [1.29, 1.82) is 0 Å². The lowest BCUT2D eigenvalue weighted by Crippen LogP contribution is -2.41. The van der Waals surface area contributed by atoms with Gasteiger partial charge < -0.3 is 4.74 Å². The van der Waals surface area contributed by atoms with E-state index in [1.165, 1.54) is 16.4 Å². The fraction of sp³-hybridized carbons (Fsp3) is 0.333. The molecule has 0 aliphatic carbocycles. The first-order chi connectivity index (χ1) is 13.8. The topological polar surface area (TPSA) is 80.8 Å². The van der Waals surface area contributed by atoms with Crippen molar-refractivity contribution in [2.45, 2.75) is 31.1 Å². The molecule has 29 heavy (non-hydrogen) atoms. The number of benzene rings is 2. The summed E-state index contributed by atoms with van der Waals surface area (Å²) in [5.41, 5.74) is 0.562. The smallest absolute Gasteiger partial charge is 0.314 e. The Morgan fingerprint density at radius 3 is 2.17 bits per heavy atom. The van der Waals surface area contributed by atoms with Gasteiger partial charge in [0, 0.05) is 25.1 Å². The lowest BCUT2D eigenvalue weighted by molar-refractivity contribution is -0.140. The average Bonchev–Trinajstić information content (AvgIpc) is 2.74. The maximum absolute atomic E-state index is 13.0. The number of rotatable bonds is 6. The largest absolute Gasteiger partial charge is 0.426 e. The number of hydrogen-bond acceptors (Lipinski definition) is 5. The van der Waals surface area contributed by atoms with Gasteiger partial charge in [-0.2, -0.15) is 4.31 Å². The van der Waals surface area contributed by atoms with Gasteiger partial charge in [0.2, 0.25) is 10.0 Å². The molecule has 0 atom stereocenters. The summed E-state index contributed by atoms with van der Waals surface area (Å²) in [6, 6.07) is 11.1. The van der Waals surface area contributed by atoms with Crippen LogP contribution in [0, 0.1) is 11.7 Å².